The van der Waals surface area contributed by atoms with Crippen molar-refractivity contribution in [1.82, 2.24) is 0 Å². The first-order chi connectivity index (χ1) is 17.7. The Bertz CT molecular complexity index is 1380. The first-order valence-electron chi connectivity index (χ1n) is 10.6. The monoisotopic (exact) mass is 519 g/mol. The molecular formula is C26H20N2O6PS+. The molecule has 8 nitrogen and oxygen atoms in total. The normalized spacial score (nSPS) is 15.4. The topological polar surface area (TPSA) is 101 Å². The summed E-state index contributed by atoms with van der Waals surface area (Å²) < 4.78 is 39.1. The van der Waals surface area contributed by atoms with Gasteiger partial charge in [0.1, 0.15) is 17.6 Å². The second-order valence-electron chi connectivity index (χ2n) is 7.07. The van der Waals surface area contributed by atoms with Crippen molar-refractivity contribution in [2.45, 2.75) is 0 Å². The third-order valence-corrected chi connectivity index (χ3v) is 6.17. The summed E-state index contributed by atoms with van der Waals surface area (Å²) in [5, 5.41) is 13.2. The van der Waals surface area contributed by atoms with Gasteiger partial charge >= 0.3 is 13.7 Å². The lowest BCUT2D eigenvalue weighted by molar-refractivity contribution is -0.701. The van der Waals surface area contributed by atoms with Gasteiger partial charge in [0.05, 0.1) is 24.7 Å². The lowest BCUT2D eigenvalue weighted by atomic mass is 10.0. The number of nitrogens with zero attached hydrogens (tertiary/aromatic N) is 1. The third kappa shape index (κ3) is 5.52. The number of benzene rings is 3. The Kier molecular flexibility index (Phi) is 8.24. The van der Waals surface area contributed by atoms with Gasteiger partial charge in [0.15, 0.2) is 17.3 Å². The molecule has 0 aliphatic carbocycles. The van der Waals surface area contributed by atoms with E-state index in [1.54, 1.807) is 42.5 Å². The summed E-state index contributed by atoms with van der Waals surface area (Å²) in [6, 6.07) is 25.7. The lowest BCUT2D eigenvalue weighted by Crippen LogP contribution is -2.69. The second-order valence-corrected chi connectivity index (χ2v) is 8.43. The van der Waals surface area contributed by atoms with Crippen LogP contribution < -0.4 is 24.1 Å². The highest BCUT2D eigenvalue weighted by Gasteiger charge is 2.39. The van der Waals surface area contributed by atoms with Crippen LogP contribution in [0.15, 0.2) is 95.3 Å². The van der Waals surface area contributed by atoms with Gasteiger partial charge < -0.3 is 18.9 Å². The number of nitriles is 1. The minimum atomic E-state index is -0.582. The van der Waals surface area contributed by atoms with Crippen LogP contribution in [-0.2, 0) is 9.19 Å². The average molecular weight is 519 g/mol. The Balaban J connectivity index is 1.93. The molecule has 1 heterocycles. The van der Waals surface area contributed by atoms with Crippen molar-refractivity contribution in [3.8, 4) is 29.1 Å². The molecular weight excluding hydrogens is 499 g/mol. The number of rotatable bonds is 9. The fourth-order valence-electron chi connectivity index (χ4n) is 3.33. The van der Waals surface area contributed by atoms with Crippen molar-refractivity contribution in [3.63, 3.8) is 0 Å². The first kappa shape index (κ1) is 24.9. The number of hydrogen-bond acceptors (Lipinski definition) is 8. The number of hydrogen-bond donors (Lipinski definition) is 1. The van der Waals surface area contributed by atoms with E-state index in [-0.39, 0.29) is 11.5 Å². The van der Waals surface area contributed by atoms with Crippen LogP contribution in [0, 0.1) is 11.3 Å². The van der Waals surface area contributed by atoms with Gasteiger partial charge in [-0.25, -0.2) is 4.57 Å². The fourth-order valence-corrected chi connectivity index (χ4v) is 4.53. The molecule has 0 amide bonds. The summed E-state index contributed by atoms with van der Waals surface area (Å²) in [7, 11) is 2.48. The molecule has 0 radical (unpaired) electrons. The standard InChI is InChI=1S/C26H19N2O6PS/c1-30-21-14-13-17(15-22(21)31-2)20(16-27)25-23(32-18-9-5-3-6-10-18)24(26(36-25)28-34-35-29)33-19-11-7-4-8-12-19/h3-15H,1-2H3/p+1. The maximum Gasteiger partial charge on any atom is 0.470 e. The predicted octanol–water partition coefficient (Wildman–Crippen LogP) is 4.67. The van der Waals surface area contributed by atoms with Gasteiger partial charge in [-0.15, -0.1) is 0 Å². The van der Waals surface area contributed by atoms with Crippen molar-refractivity contribution in [1.29, 1.82) is 5.26 Å². The predicted molar refractivity (Wildman–Crippen MR) is 135 cm³/mol. The molecule has 0 saturated carbocycles. The number of para-hydroxylation sites is 2. The van der Waals surface area contributed by atoms with Crippen LogP contribution in [0.3, 0.4) is 0 Å². The van der Waals surface area contributed by atoms with E-state index >= 15 is 0 Å². The highest BCUT2D eigenvalue weighted by atomic mass is 32.2. The highest BCUT2D eigenvalue weighted by molar-refractivity contribution is 8.18. The molecule has 10 heteroatoms. The largest absolute Gasteiger partial charge is 0.493 e. The van der Waals surface area contributed by atoms with Crippen LogP contribution in [0.1, 0.15) is 5.56 Å². The summed E-state index contributed by atoms with van der Waals surface area (Å²) in [6.45, 7) is 0. The van der Waals surface area contributed by atoms with Crippen LogP contribution >= 0.6 is 20.4 Å². The fraction of sp³-hybridized carbons (Fsp3) is 0.0769. The highest BCUT2D eigenvalue weighted by Crippen LogP contribution is 2.44. The van der Waals surface area contributed by atoms with Crippen molar-refractivity contribution >= 4 is 31.1 Å². The van der Waals surface area contributed by atoms with Crippen molar-refractivity contribution in [2.75, 3.05) is 14.2 Å². The molecule has 0 aromatic heterocycles. The smallest absolute Gasteiger partial charge is 0.470 e. The molecule has 0 spiro atoms. The van der Waals surface area contributed by atoms with Crippen molar-refractivity contribution in [2.24, 2.45) is 0 Å². The van der Waals surface area contributed by atoms with E-state index in [9.17, 15) is 9.83 Å². The molecule has 3 aromatic rings. The quantitative estimate of drug-likeness (QED) is 0.247. The Hall–Kier alpha value is -4.25. The zero-order valence-corrected chi connectivity index (χ0v) is 21.0. The van der Waals surface area contributed by atoms with Gasteiger partial charge in [0.2, 0.25) is 0 Å². The van der Waals surface area contributed by atoms with Crippen LogP contribution in [0.2, 0.25) is 0 Å². The SMILES string of the molecule is COc1ccc(C(C#N)=C2SC(=[NH+]OP=O)C(Oc3ccccc3)=C2Oc2ccccc2)cc1OC. The first-order valence-corrected chi connectivity index (χ1v) is 12.1. The van der Waals surface area contributed by atoms with E-state index < -0.39 is 8.69 Å². The molecule has 1 N–H and O–H groups in total. The molecule has 0 bridgehead atoms. The molecule has 0 saturated heterocycles. The molecule has 0 atom stereocenters. The molecule has 4 rings (SSSR count). The summed E-state index contributed by atoms with van der Waals surface area (Å²) in [4.78, 5) is 0.466. The number of methoxy groups -OCH3 is 2. The number of nitrogens with one attached hydrogen (secondary N) is 1. The Morgan fingerprint density at radius 2 is 1.47 bits per heavy atom. The number of ether oxygens (including phenoxy) is 4. The zero-order chi connectivity index (χ0) is 25.3. The van der Waals surface area contributed by atoms with Gasteiger partial charge in [-0.05, 0) is 64.9 Å². The second kappa shape index (κ2) is 11.9. The van der Waals surface area contributed by atoms with E-state index in [2.05, 4.69) is 11.2 Å². The Morgan fingerprint density at radius 1 is 0.861 bits per heavy atom. The van der Waals surface area contributed by atoms with Gasteiger partial charge in [-0.2, -0.15) is 9.89 Å². The molecule has 1 aliphatic rings. The van der Waals surface area contributed by atoms with Crippen molar-refractivity contribution < 1.29 is 33.3 Å². The van der Waals surface area contributed by atoms with Gasteiger partial charge in [-0.3, -0.25) is 0 Å². The number of allylic oxidation sites excluding steroid dienone is 1. The molecule has 1 aliphatic heterocycles. The van der Waals surface area contributed by atoms with Crippen LogP contribution in [-0.4, -0.2) is 19.3 Å². The van der Waals surface area contributed by atoms with Crippen LogP contribution in [0.4, 0.5) is 0 Å². The van der Waals surface area contributed by atoms with E-state index in [1.165, 1.54) is 14.2 Å². The van der Waals surface area contributed by atoms with E-state index in [1.807, 2.05) is 36.4 Å². The average Bonchev–Trinajstić information content (AvgIpc) is 3.25. The third-order valence-electron chi connectivity index (χ3n) is 4.94. The van der Waals surface area contributed by atoms with Crippen LogP contribution in [0.5, 0.6) is 23.0 Å². The molecule has 0 fully saturated rings. The number of thioether (sulfide) groups is 1. The zero-order valence-electron chi connectivity index (χ0n) is 19.3. The Labute approximate surface area is 213 Å². The summed E-state index contributed by atoms with van der Waals surface area (Å²) >= 11 is 1.15. The van der Waals surface area contributed by atoms with Gasteiger partial charge in [-0.1, -0.05) is 36.4 Å². The maximum atomic E-state index is 11.0. The molecule has 3 aromatic carbocycles. The van der Waals surface area contributed by atoms with Gasteiger partial charge in [0, 0.05) is 0 Å². The molecule has 36 heavy (non-hydrogen) atoms. The van der Waals surface area contributed by atoms with E-state index in [0.29, 0.717) is 44.1 Å². The van der Waals surface area contributed by atoms with E-state index in [4.69, 9.17) is 23.6 Å². The summed E-state index contributed by atoms with van der Waals surface area (Å²) in [6.07, 6.45) is 0. The molecule has 0 unspecified atom stereocenters. The minimum absolute atomic E-state index is 0.266. The Morgan fingerprint density at radius 3 is 2.03 bits per heavy atom. The van der Waals surface area contributed by atoms with Gasteiger partial charge in [0.25, 0.3) is 5.76 Å². The lowest BCUT2D eigenvalue weighted by Gasteiger charge is -2.13. The molecule has 180 valence electrons. The maximum absolute atomic E-state index is 11.0. The minimum Gasteiger partial charge on any atom is -0.493 e. The summed E-state index contributed by atoms with van der Waals surface area (Å²) in [5.74, 6) is 2.62. The van der Waals surface area contributed by atoms with Crippen molar-refractivity contribution in [3.05, 3.63) is 101 Å². The van der Waals surface area contributed by atoms with Crippen LogP contribution in [0.25, 0.3) is 5.57 Å². The summed E-state index contributed by atoms with van der Waals surface area (Å²) in [5.41, 5.74) is 0.882. The van der Waals surface area contributed by atoms with E-state index in [0.717, 1.165) is 11.8 Å².